The van der Waals surface area contributed by atoms with Gasteiger partial charge in [0.1, 0.15) is 0 Å². The smallest absolute Gasteiger partial charge is 0.0642 e. The van der Waals surface area contributed by atoms with Crippen LogP contribution in [-0.2, 0) is 11.3 Å². The highest BCUT2D eigenvalue weighted by molar-refractivity contribution is 9.10. The minimum Gasteiger partial charge on any atom is -0.378 e. The number of likely N-dealkylation sites (tertiary alicyclic amines) is 1. The van der Waals surface area contributed by atoms with E-state index in [9.17, 15) is 0 Å². The third-order valence-electron chi connectivity index (χ3n) is 4.54. The summed E-state index contributed by atoms with van der Waals surface area (Å²) in [5, 5.41) is 0. The monoisotopic (exact) mass is 389 g/mol. The first kappa shape index (κ1) is 18.0. The van der Waals surface area contributed by atoms with Crippen LogP contribution in [0.25, 0.3) is 0 Å². The van der Waals surface area contributed by atoms with Gasteiger partial charge >= 0.3 is 0 Å². The number of rotatable bonds is 3. The molecule has 6 heteroatoms. The summed E-state index contributed by atoms with van der Waals surface area (Å²) in [6.07, 6.45) is 0. The molecule has 0 spiro atoms. The van der Waals surface area contributed by atoms with Crippen LogP contribution in [0.1, 0.15) is 12.5 Å². The van der Waals surface area contributed by atoms with Crippen LogP contribution in [-0.4, -0.2) is 50.3 Å². The average Bonchev–Trinajstić information content (AvgIpc) is 2.80. The molecule has 124 valence electrons. The fourth-order valence-electron chi connectivity index (χ4n) is 3.23. The number of benzene rings is 1. The Morgan fingerprint density at radius 2 is 2.00 bits per heavy atom. The van der Waals surface area contributed by atoms with Crippen molar-refractivity contribution in [3.8, 4) is 0 Å². The van der Waals surface area contributed by atoms with E-state index in [-0.39, 0.29) is 12.4 Å². The first-order valence-corrected chi connectivity index (χ1v) is 8.52. The predicted octanol–water partition coefficient (Wildman–Crippen LogP) is 2.49. The molecule has 2 atom stereocenters. The minimum absolute atomic E-state index is 0. The molecule has 0 radical (unpaired) electrons. The van der Waals surface area contributed by atoms with Gasteiger partial charge in [-0.2, -0.15) is 0 Å². The van der Waals surface area contributed by atoms with Gasteiger partial charge in [-0.1, -0.05) is 28.9 Å². The number of hydrogen-bond donors (Lipinski definition) is 1. The lowest BCUT2D eigenvalue weighted by molar-refractivity contribution is 0.122. The summed E-state index contributed by atoms with van der Waals surface area (Å²) in [4.78, 5) is 4.91. The van der Waals surface area contributed by atoms with Crippen molar-refractivity contribution in [2.24, 2.45) is 11.7 Å². The lowest BCUT2D eigenvalue weighted by Crippen LogP contribution is -2.37. The Balaban J connectivity index is 0.00000176. The van der Waals surface area contributed by atoms with E-state index in [4.69, 9.17) is 10.5 Å². The zero-order valence-electron chi connectivity index (χ0n) is 13.0. The van der Waals surface area contributed by atoms with Gasteiger partial charge in [0.25, 0.3) is 0 Å². The predicted molar refractivity (Wildman–Crippen MR) is 96.8 cm³/mol. The molecule has 2 aliphatic heterocycles. The second-order valence-corrected chi connectivity index (χ2v) is 7.12. The van der Waals surface area contributed by atoms with Gasteiger partial charge in [-0.05, 0) is 23.6 Å². The molecule has 1 aromatic carbocycles. The second-order valence-electron chi connectivity index (χ2n) is 6.21. The Morgan fingerprint density at radius 1 is 1.27 bits per heavy atom. The lowest BCUT2D eigenvalue weighted by atomic mass is 10.1. The number of nitrogens with two attached hydrogens (primary N) is 1. The quantitative estimate of drug-likeness (QED) is 0.861. The molecule has 2 heterocycles. The Labute approximate surface area is 147 Å². The molecular formula is C16H25BrClN3O. The van der Waals surface area contributed by atoms with E-state index in [0.29, 0.717) is 12.0 Å². The molecule has 2 aliphatic rings. The molecule has 2 saturated heterocycles. The molecule has 0 amide bonds. The summed E-state index contributed by atoms with van der Waals surface area (Å²) in [6.45, 7) is 8.90. The van der Waals surface area contributed by atoms with Crippen LogP contribution in [0.5, 0.6) is 0 Å². The molecule has 3 rings (SSSR count). The van der Waals surface area contributed by atoms with Crippen molar-refractivity contribution in [3.05, 3.63) is 28.2 Å². The zero-order chi connectivity index (χ0) is 14.8. The van der Waals surface area contributed by atoms with E-state index < -0.39 is 0 Å². The number of morpholine rings is 1. The fraction of sp³-hybridized carbons (Fsp3) is 0.625. The molecule has 0 aliphatic carbocycles. The lowest BCUT2D eigenvalue weighted by Gasteiger charge is -2.31. The molecular weight excluding hydrogens is 366 g/mol. The number of halogens is 2. The maximum absolute atomic E-state index is 6.15. The third kappa shape index (κ3) is 4.15. The van der Waals surface area contributed by atoms with Gasteiger partial charge in [0.2, 0.25) is 0 Å². The fourth-order valence-corrected chi connectivity index (χ4v) is 3.58. The van der Waals surface area contributed by atoms with Gasteiger partial charge in [-0.15, -0.1) is 12.4 Å². The Morgan fingerprint density at radius 3 is 2.64 bits per heavy atom. The SMILES string of the molecule is CC1CN(Cc2ccc(Br)cc2N2CCOCC2)CC1N.Cl. The van der Waals surface area contributed by atoms with Crippen LogP contribution in [0.2, 0.25) is 0 Å². The van der Waals surface area contributed by atoms with E-state index in [1.54, 1.807) is 0 Å². The second kappa shape index (κ2) is 7.97. The molecule has 0 bridgehead atoms. The van der Waals surface area contributed by atoms with Crippen LogP contribution in [0.4, 0.5) is 5.69 Å². The first-order chi connectivity index (χ1) is 10.1. The number of ether oxygens (including phenoxy) is 1. The van der Waals surface area contributed by atoms with E-state index >= 15 is 0 Å². The Bertz CT molecular complexity index is 486. The summed E-state index contributed by atoms with van der Waals surface area (Å²) in [5.41, 5.74) is 8.88. The van der Waals surface area contributed by atoms with E-state index in [1.807, 2.05) is 0 Å². The number of anilines is 1. The van der Waals surface area contributed by atoms with Crippen LogP contribution >= 0.6 is 28.3 Å². The summed E-state index contributed by atoms with van der Waals surface area (Å²) >= 11 is 3.60. The number of nitrogens with zero attached hydrogens (tertiary/aromatic N) is 2. The van der Waals surface area contributed by atoms with Crippen molar-refractivity contribution in [1.29, 1.82) is 0 Å². The maximum Gasteiger partial charge on any atom is 0.0642 e. The van der Waals surface area contributed by atoms with Gasteiger partial charge in [-0.3, -0.25) is 4.90 Å². The summed E-state index contributed by atoms with van der Waals surface area (Å²) < 4.78 is 6.61. The van der Waals surface area contributed by atoms with Gasteiger partial charge in [0.15, 0.2) is 0 Å². The molecule has 2 fully saturated rings. The highest BCUT2D eigenvalue weighted by Gasteiger charge is 2.27. The standard InChI is InChI=1S/C16H24BrN3O.ClH/c1-12-9-19(11-15(12)18)10-13-2-3-14(17)8-16(13)20-4-6-21-7-5-20;/h2-3,8,12,15H,4-7,9-11,18H2,1H3;1H. The average molecular weight is 391 g/mol. The molecule has 22 heavy (non-hydrogen) atoms. The Kier molecular flexibility index (Phi) is 6.53. The van der Waals surface area contributed by atoms with Crippen LogP contribution in [0.15, 0.2) is 22.7 Å². The van der Waals surface area contributed by atoms with Crippen molar-refractivity contribution in [2.75, 3.05) is 44.3 Å². The van der Waals surface area contributed by atoms with E-state index in [0.717, 1.165) is 50.4 Å². The number of hydrogen-bond acceptors (Lipinski definition) is 4. The van der Waals surface area contributed by atoms with Gasteiger partial charge in [0, 0.05) is 48.9 Å². The highest BCUT2D eigenvalue weighted by atomic mass is 79.9. The van der Waals surface area contributed by atoms with Crippen LogP contribution < -0.4 is 10.6 Å². The third-order valence-corrected chi connectivity index (χ3v) is 5.03. The summed E-state index contributed by atoms with van der Waals surface area (Å²) in [7, 11) is 0. The van der Waals surface area contributed by atoms with Gasteiger partial charge in [0.05, 0.1) is 13.2 Å². The molecule has 2 N–H and O–H groups in total. The van der Waals surface area contributed by atoms with Crippen molar-refractivity contribution in [3.63, 3.8) is 0 Å². The van der Waals surface area contributed by atoms with E-state index in [1.165, 1.54) is 11.3 Å². The van der Waals surface area contributed by atoms with Crippen molar-refractivity contribution in [1.82, 2.24) is 4.90 Å². The molecule has 4 nitrogen and oxygen atoms in total. The molecule has 1 aromatic rings. The summed E-state index contributed by atoms with van der Waals surface area (Å²) in [6, 6.07) is 6.93. The minimum atomic E-state index is 0. The van der Waals surface area contributed by atoms with E-state index in [2.05, 4.69) is 50.9 Å². The highest BCUT2D eigenvalue weighted by Crippen LogP contribution is 2.28. The zero-order valence-corrected chi connectivity index (χ0v) is 15.4. The normalized spacial score (nSPS) is 26.0. The van der Waals surface area contributed by atoms with Crippen molar-refractivity contribution in [2.45, 2.75) is 19.5 Å². The largest absolute Gasteiger partial charge is 0.378 e. The van der Waals surface area contributed by atoms with Gasteiger partial charge in [-0.25, -0.2) is 0 Å². The topological polar surface area (TPSA) is 41.7 Å². The van der Waals surface area contributed by atoms with Crippen LogP contribution in [0.3, 0.4) is 0 Å². The Hall–Kier alpha value is -0.330. The molecule has 2 unspecified atom stereocenters. The maximum atomic E-state index is 6.15. The molecule has 0 aromatic heterocycles. The van der Waals surface area contributed by atoms with Crippen LogP contribution in [0, 0.1) is 5.92 Å². The molecule has 0 saturated carbocycles. The van der Waals surface area contributed by atoms with Gasteiger partial charge < -0.3 is 15.4 Å². The summed E-state index contributed by atoms with van der Waals surface area (Å²) in [5.74, 6) is 0.590. The van der Waals surface area contributed by atoms with Crippen molar-refractivity contribution < 1.29 is 4.74 Å². The first-order valence-electron chi connectivity index (χ1n) is 7.72. The van der Waals surface area contributed by atoms with Crippen molar-refractivity contribution >= 4 is 34.0 Å².